The molecule has 0 aromatic heterocycles. The van der Waals surface area contributed by atoms with E-state index in [2.05, 4.69) is 4.74 Å². The standard InChI is InChI=1S/C9H6F12O3/c10-4(11)6(14,15)8(18,19)9(20,21)7(16,17)5(12,13)2-24-1-3(22)23/h4H,1-2H2,(H,22,23). The molecule has 0 aliphatic heterocycles. The number of carboxylic acids is 1. The monoisotopic (exact) mass is 390 g/mol. The van der Waals surface area contributed by atoms with Crippen molar-refractivity contribution in [2.24, 2.45) is 0 Å². The molecule has 0 saturated heterocycles. The fourth-order valence-corrected chi connectivity index (χ4v) is 1.13. The molecule has 0 aromatic rings. The topological polar surface area (TPSA) is 46.5 Å². The number of carboxylic acid groups (broad SMARTS) is 1. The van der Waals surface area contributed by atoms with Gasteiger partial charge in [-0.05, 0) is 0 Å². The quantitative estimate of drug-likeness (QED) is 0.613. The second-order valence-corrected chi connectivity index (χ2v) is 4.24. The van der Waals surface area contributed by atoms with Crippen LogP contribution in [0.4, 0.5) is 52.7 Å². The van der Waals surface area contributed by atoms with Gasteiger partial charge in [0.2, 0.25) is 0 Å². The third-order valence-corrected chi connectivity index (χ3v) is 2.45. The molecule has 144 valence electrons. The molecule has 0 radical (unpaired) electrons. The largest absolute Gasteiger partial charge is 0.480 e. The van der Waals surface area contributed by atoms with Gasteiger partial charge in [0, 0.05) is 0 Å². The molecule has 0 atom stereocenters. The number of hydrogen-bond donors (Lipinski definition) is 1. The van der Waals surface area contributed by atoms with Crippen molar-refractivity contribution >= 4 is 5.97 Å². The Kier molecular flexibility index (Phi) is 6.10. The number of alkyl halides is 12. The number of aliphatic carboxylic acids is 1. The van der Waals surface area contributed by atoms with Crippen LogP contribution in [0.25, 0.3) is 0 Å². The lowest BCUT2D eigenvalue weighted by molar-refractivity contribution is -0.415. The first kappa shape index (κ1) is 22.6. The summed E-state index contributed by atoms with van der Waals surface area (Å²) in [5.41, 5.74) is 0. The van der Waals surface area contributed by atoms with Crippen LogP contribution >= 0.6 is 0 Å². The second kappa shape index (κ2) is 6.48. The number of rotatable bonds is 9. The predicted octanol–water partition coefficient (Wildman–Crippen LogP) is 3.53. The molecule has 0 fully saturated rings. The summed E-state index contributed by atoms with van der Waals surface area (Å²) in [6, 6.07) is 0. The van der Waals surface area contributed by atoms with E-state index in [1.165, 1.54) is 0 Å². The molecule has 0 aliphatic rings. The number of ether oxygens (including phenoxy) is 1. The van der Waals surface area contributed by atoms with Gasteiger partial charge < -0.3 is 9.84 Å². The minimum absolute atomic E-state index is 1.75. The smallest absolute Gasteiger partial charge is 0.384 e. The minimum Gasteiger partial charge on any atom is -0.480 e. The molecule has 0 spiro atoms. The van der Waals surface area contributed by atoms with E-state index < -0.39 is 55.2 Å². The third kappa shape index (κ3) is 3.49. The molecule has 15 heteroatoms. The molecular formula is C9H6F12O3. The number of carbonyl (C=O) groups is 1. The summed E-state index contributed by atoms with van der Waals surface area (Å²) < 4.78 is 155. The highest BCUT2D eigenvalue weighted by Crippen LogP contribution is 2.58. The van der Waals surface area contributed by atoms with Crippen LogP contribution in [-0.2, 0) is 9.53 Å². The van der Waals surface area contributed by atoms with Crippen molar-refractivity contribution in [2.45, 2.75) is 36.0 Å². The van der Waals surface area contributed by atoms with Crippen LogP contribution in [0.2, 0.25) is 0 Å². The van der Waals surface area contributed by atoms with E-state index in [-0.39, 0.29) is 0 Å². The maximum absolute atomic E-state index is 13.0. The van der Waals surface area contributed by atoms with Crippen molar-refractivity contribution in [2.75, 3.05) is 13.2 Å². The Morgan fingerprint density at radius 1 is 0.833 bits per heavy atom. The zero-order chi connectivity index (χ0) is 19.8. The summed E-state index contributed by atoms with van der Waals surface area (Å²) in [7, 11) is 0. The Morgan fingerprint density at radius 2 is 1.25 bits per heavy atom. The van der Waals surface area contributed by atoms with E-state index in [0.717, 1.165) is 0 Å². The molecule has 0 bridgehead atoms. The van der Waals surface area contributed by atoms with Gasteiger partial charge in [0.05, 0.1) is 0 Å². The van der Waals surface area contributed by atoms with Crippen LogP contribution in [0, 0.1) is 0 Å². The van der Waals surface area contributed by atoms with Crippen molar-refractivity contribution in [1.82, 2.24) is 0 Å². The summed E-state index contributed by atoms with van der Waals surface area (Å²) in [6.45, 7) is -4.64. The van der Waals surface area contributed by atoms with E-state index in [4.69, 9.17) is 5.11 Å². The minimum atomic E-state index is -7.64. The average Bonchev–Trinajstić information content (AvgIpc) is 2.36. The Labute approximate surface area is 124 Å². The van der Waals surface area contributed by atoms with Crippen molar-refractivity contribution in [3.05, 3.63) is 0 Å². The Balaban J connectivity index is 5.76. The van der Waals surface area contributed by atoms with Gasteiger partial charge >= 0.3 is 42.0 Å². The van der Waals surface area contributed by atoms with Gasteiger partial charge in [-0.25, -0.2) is 13.6 Å². The maximum atomic E-state index is 13.0. The SMILES string of the molecule is O=C(O)COCC(F)(F)C(F)(F)C(F)(F)C(F)(F)C(F)(F)C(F)F. The summed E-state index contributed by atoms with van der Waals surface area (Å²) in [5.74, 6) is -37.9. The Bertz CT molecular complexity index is 461. The van der Waals surface area contributed by atoms with E-state index in [1.807, 2.05) is 0 Å². The van der Waals surface area contributed by atoms with Gasteiger partial charge in [0.1, 0.15) is 13.2 Å². The molecule has 0 unspecified atom stereocenters. The third-order valence-electron chi connectivity index (χ3n) is 2.45. The van der Waals surface area contributed by atoms with E-state index >= 15 is 0 Å². The first-order valence-electron chi connectivity index (χ1n) is 5.33. The highest BCUT2D eigenvalue weighted by atomic mass is 19.4. The fourth-order valence-electron chi connectivity index (χ4n) is 1.13. The molecule has 24 heavy (non-hydrogen) atoms. The van der Waals surface area contributed by atoms with Crippen LogP contribution in [0.1, 0.15) is 0 Å². The average molecular weight is 390 g/mol. The lowest BCUT2D eigenvalue weighted by Gasteiger charge is -2.38. The van der Waals surface area contributed by atoms with Crippen LogP contribution < -0.4 is 0 Å². The van der Waals surface area contributed by atoms with Crippen molar-refractivity contribution in [1.29, 1.82) is 0 Å². The maximum Gasteiger partial charge on any atom is 0.384 e. The van der Waals surface area contributed by atoms with Gasteiger partial charge in [-0.15, -0.1) is 0 Å². The van der Waals surface area contributed by atoms with Gasteiger partial charge in [-0.3, -0.25) is 0 Å². The molecule has 0 rings (SSSR count). The first-order chi connectivity index (χ1) is 10.4. The van der Waals surface area contributed by atoms with E-state index in [9.17, 15) is 57.5 Å². The highest BCUT2D eigenvalue weighted by Gasteiger charge is 2.87. The van der Waals surface area contributed by atoms with Crippen molar-refractivity contribution in [3.63, 3.8) is 0 Å². The zero-order valence-corrected chi connectivity index (χ0v) is 10.8. The lowest BCUT2D eigenvalue weighted by atomic mass is 9.94. The molecule has 0 saturated carbocycles. The summed E-state index contributed by atoms with van der Waals surface area (Å²) in [5, 5.41) is 7.96. The number of halogens is 12. The van der Waals surface area contributed by atoms with Crippen LogP contribution in [0.3, 0.4) is 0 Å². The van der Waals surface area contributed by atoms with Crippen molar-refractivity contribution < 1.29 is 67.3 Å². The molecular weight excluding hydrogens is 384 g/mol. The molecule has 0 aromatic carbocycles. The van der Waals surface area contributed by atoms with Crippen LogP contribution in [0.15, 0.2) is 0 Å². The molecule has 0 amide bonds. The van der Waals surface area contributed by atoms with E-state index in [1.54, 1.807) is 0 Å². The first-order valence-corrected chi connectivity index (χ1v) is 5.33. The molecule has 1 N–H and O–H groups in total. The zero-order valence-electron chi connectivity index (χ0n) is 10.8. The summed E-state index contributed by atoms with van der Waals surface area (Å²) >= 11 is 0. The van der Waals surface area contributed by atoms with Crippen molar-refractivity contribution in [3.8, 4) is 0 Å². The van der Waals surface area contributed by atoms with Gasteiger partial charge in [0.25, 0.3) is 0 Å². The Hall–Kier alpha value is -1.41. The molecule has 0 aliphatic carbocycles. The summed E-state index contributed by atoms with van der Waals surface area (Å²) in [4.78, 5) is 9.89. The second-order valence-electron chi connectivity index (χ2n) is 4.24. The highest BCUT2D eigenvalue weighted by molar-refractivity contribution is 5.67. The van der Waals surface area contributed by atoms with Gasteiger partial charge in [0.15, 0.2) is 0 Å². The van der Waals surface area contributed by atoms with E-state index in [0.29, 0.717) is 0 Å². The van der Waals surface area contributed by atoms with Gasteiger partial charge in [-0.1, -0.05) is 0 Å². The predicted molar refractivity (Wildman–Crippen MR) is 49.2 cm³/mol. The van der Waals surface area contributed by atoms with Crippen LogP contribution in [-0.4, -0.2) is 60.3 Å². The fraction of sp³-hybridized carbons (Fsp3) is 0.889. The number of hydrogen-bond acceptors (Lipinski definition) is 2. The van der Waals surface area contributed by atoms with Crippen LogP contribution in [0.5, 0.6) is 0 Å². The molecule has 0 heterocycles. The normalized spacial score (nSPS) is 15.0. The lowest BCUT2D eigenvalue weighted by Crippen LogP contribution is -2.69. The molecule has 3 nitrogen and oxygen atoms in total. The van der Waals surface area contributed by atoms with Gasteiger partial charge in [-0.2, -0.15) is 43.9 Å². The Morgan fingerprint density at radius 3 is 1.58 bits per heavy atom. The summed E-state index contributed by atoms with van der Waals surface area (Å²) in [6.07, 6.45) is -5.58.